The SMILES string of the molecule is Cc1ccccc1OCC(=O)Nc1ccccc1-c1nn2c(C)nnc2s1. The van der Waals surface area contributed by atoms with Crippen LogP contribution in [0.4, 0.5) is 5.69 Å². The van der Waals surface area contributed by atoms with Gasteiger partial charge in [-0.15, -0.1) is 10.2 Å². The number of fused-ring (bicyclic) bond motifs is 1. The summed E-state index contributed by atoms with van der Waals surface area (Å²) in [6, 6.07) is 15.1. The number of hydrogen-bond donors (Lipinski definition) is 1. The lowest BCUT2D eigenvalue weighted by Gasteiger charge is -2.11. The van der Waals surface area contributed by atoms with E-state index in [0.29, 0.717) is 16.4 Å². The van der Waals surface area contributed by atoms with Crippen LogP contribution in [-0.4, -0.2) is 32.3 Å². The van der Waals surface area contributed by atoms with Crippen LogP contribution < -0.4 is 10.1 Å². The first kappa shape index (κ1) is 17.2. The number of para-hydroxylation sites is 2. The fraction of sp³-hybridized carbons (Fsp3) is 0.158. The summed E-state index contributed by atoms with van der Waals surface area (Å²) in [5.74, 6) is 1.19. The highest BCUT2D eigenvalue weighted by atomic mass is 32.1. The summed E-state index contributed by atoms with van der Waals surface area (Å²) in [5, 5.41) is 16.3. The van der Waals surface area contributed by atoms with E-state index in [-0.39, 0.29) is 12.5 Å². The van der Waals surface area contributed by atoms with E-state index >= 15 is 0 Å². The number of nitrogens with zero attached hydrogens (tertiary/aromatic N) is 4. The molecule has 0 radical (unpaired) electrons. The molecule has 27 heavy (non-hydrogen) atoms. The van der Waals surface area contributed by atoms with Crippen LogP contribution in [0.2, 0.25) is 0 Å². The molecule has 0 saturated heterocycles. The minimum atomic E-state index is -0.232. The van der Waals surface area contributed by atoms with Crippen molar-refractivity contribution < 1.29 is 9.53 Å². The van der Waals surface area contributed by atoms with Gasteiger partial charge in [0.1, 0.15) is 10.8 Å². The molecule has 0 aliphatic heterocycles. The number of amides is 1. The van der Waals surface area contributed by atoms with Gasteiger partial charge in [-0.05, 0) is 37.6 Å². The molecule has 4 aromatic rings. The van der Waals surface area contributed by atoms with Gasteiger partial charge in [-0.25, -0.2) is 0 Å². The van der Waals surface area contributed by atoms with Gasteiger partial charge in [-0.2, -0.15) is 9.61 Å². The molecular formula is C19H17N5O2S. The highest BCUT2D eigenvalue weighted by Crippen LogP contribution is 2.31. The quantitative estimate of drug-likeness (QED) is 0.574. The number of aromatic nitrogens is 4. The molecule has 8 heteroatoms. The third-order valence-corrected chi connectivity index (χ3v) is 4.96. The Bertz CT molecular complexity index is 1120. The monoisotopic (exact) mass is 379 g/mol. The highest BCUT2D eigenvalue weighted by molar-refractivity contribution is 7.19. The maximum absolute atomic E-state index is 12.4. The smallest absolute Gasteiger partial charge is 0.262 e. The summed E-state index contributed by atoms with van der Waals surface area (Å²) in [7, 11) is 0. The van der Waals surface area contributed by atoms with Crippen molar-refractivity contribution in [3.63, 3.8) is 0 Å². The van der Waals surface area contributed by atoms with Gasteiger partial charge in [-0.1, -0.05) is 41.7 Å². The van der Waals surface area contributed by atoms with Gasteiger partial charge < -0.3 is 10.1 Å². The summed E-state index contributed by atoms with van der Waals surface area (Å²) in [4.78, 5) is 13.1. The Balaban J connectivity index is 1.52. The van der Waals surface area contributed by atoms with Gasteiger partial charge in [0, 0.05) is 5.56 Å². The average molecular weight is 379 g/mol. The number of carbonyl (C=O) groups excluding carboxylic acids is 1. The predicted octanol–water partition coefficient (Wildman–Crippen LogP) is 3.49. The minimum Gasteiger partial charge on any atom is -0.483 e. The molecular weight excluding hydrogens is 362 g/mol. The standard InChI is InChI=1S/C19H17N5O2S/c1-12-7-3-6-10-16(12)26-11-17(25)20-15-9-5-4-8-14(15)18-23-24-13(2)21-22-19(24)27-18/h3-10H,11H2,1-2H3,(H,20,25). The lowest BCUT2D eigenvalue weighted by molar-refractivity contribution is -0.118. The summed E-state index contributed by atoms with van der Waals surface area (Å²) < 4.78 is 7.31. The molecule has 1 amide bonds. The molecule has 136 valence electrons. The van der Waals surface area contributed by atoms with E-state index in [9.17, 15) is 4.79 Å². The fourth-order valence-electron chi connectivity index (χ4n) is 2.65. The minimum absolute atomic E-state index is 0.0661. The zero-order chi connectivity index (χ0) is 18.8. The van der Waals surface area contributed by atoms with Gasteiger partial charge in [0.05, 0.1) is 5.69 Å². The number of rotatable bonds is 5. The maximum atomic E-state index is 12.4. The second-order valence-corrected chi connectivity index (χ2v) is 6.95. The van der Waals surface area contributed by atoms with Gasteiger partial charge in [-0.3, -0.25) is 4.79 Å². The number of aryl methyl sites for hydroxylation is 2. The van der Waals surface area contributed by atoms with Crippen LogP contribution in [0, 0.1) is 13.8 Å². The zero-order valence-electron chi connectivity index (χ0n) is 14.8. The number of benzene rings is 2. The van der Waals surface area contributed by atoms with Gasteiger partial charge in [0.2, 0.25) is 4.96 Å². The first-order chi connectivity index (χ1) is 13.1. The fourth-order valence-corrected chi connectivity index (χ4v) is 3.57. The van der Waals surface area contributed by atoms with Crippen molar-refractivity contribution in [3.05, 3.63) is 59.9 Å². The van der Waals surface area contributed by atoms with Crippen LogP contribution in [-0.2, 0) is 4.79 Å². The Morgan fingerprint density at radius 3 is 2.70 bits per heavy atom. The molecule has 0 unspecified atom stereocenters. The van der Waals surface area contributed by atoms with Crippen molar-refractivity contribution in [1.82, 2.24) is 19.8 Å². The van der Waals surface area contributed by atoms with Crippen molar-refractivity contribution in [2.75, 3.05) is 11.9 Å². The molecule has 4 rings (SSSR count). The Morgan fingerprint density at radius 1 is 1.11 bits per heavy atom. The first-order valence-electron chi connectivity index (χ1n) is 8.38. The van der Waals surface area contributed by atoms with E-state index in [1.165, 1.54) is 11.3 Å². The molecule has 0 spiro atoms. The molecule has 2 heterocycles. The maximum Gasteiger partial charge on any atom is 0.262 e. The van der Waals surface area contributed by atoms with Gasteiger partial charge in [0.25, 0.3) is 5.91 Å². The van der Waals surface area contributed by atoms with E-state index in [2.05, 4.69) is 20.6 Å². The molecule has 0 fully saturated rings. The number of nitrogens with one attached hydrogen (secondary N) is 1. The van der Waals surface area contributed by atoms with E-state index < -0.39 is 0 Å². The predicted molar refractivity (Wildman–Crippen MR) is 104 cm³/mol. The van der Waals surface area contributed by atoms with Gasteiger partial charge >= 0.3 is 0 Å². The molecule has 0 bridgehead atoms. The third kappa shape index (κ3) is 3.52. The zero-order valence-corrected chi connectivity index (χ0v) is 15.7. The van der Waals surface area contributed by atoms with E-state index in [4.69, 9.17) is 4.74 Å². The third-order valence-electron chi connectivity index (χ3n) is 4.03. The Kier molecular flexibility index (Phi) is 4.55. The molecule has 2 aromatic heterocycles. The lowest BCUT2D eigenvalue weighted by atomic mass is 10.2. The van der Waals surface area contributed by atoms with Crippen LogP contribution in [0.1, 0.15) is 11.4 Å². The molecule has 7 nitrogen and oxygen atoms in total. The van der Waals surface area contributed by atoms with E-state index in [1.807, 2.05) is 62.4 Å². The summed E-state index contributed by atoms with van der Waals surface area (Å²) in [6.07, 6.45) is 0. The first-order valence-corrected chi connectivity index (χ1v) is 9.20. The van der Waals surface area contributed by atoms with E-state index in [1.54, 1.807) is 4.52 Å². The number of hydrogen-bond acceptors (Lipinski definition) is 6. The molecule has 0 aliphatic rings. The Hall–Kier alpha value is -3.26. The summed E-state index contributed by atoms with van der Waals surface area (Å²) in [6.45, 7) is 3.72. The van der Waals surface area contributed by atoms with Crippen LogP contribution in [0.3, 0.4) is 0 Å². The molecule has 2 aromatic carbocycles. The molecule has 1 N–H and O–H groups in total. The summed E-state index contributed by atoms with van der Waals surface area (Å²) in [5.41, 5.74) is 2.50. The number of carbonyl (C=O) groups is 1. The van der Waals surface area contributed by atoms with Gasteiger partial charge in [0.15, 0.2) is 12.4 Å². The Morgan fingerprint density at radius 2 is 1.89 bits per heavy atom. The van der Waals surface area contributed by atoms with Crippen molar-refractivity contribution in [3.8, 4) is 16.3 Å². The normalized spacial score (nSPS) is 10.9. The van der Waals surface area contributed by atoms with Crippen molar-refractivity contribution in [2.24, 2.45) is 0 Å². The lowest BCUT2D eigenvalue weighted by Crippen LogP contribution is -2.20. The molecule has 0 saturated carbocycles. The van der Waals surface area contributed by atoms with Crippen LogP contribution in [0.5, 0.6) is 5.75 Å². The average Bonchev–Trinajstić information content (AvgIpc) is 3.24. The number of ether oxygens (including phenoxy) is 1. The molecule has 0 aliphatic carbocycles. The van der Waals surface area contributed by atoms with Crippen molar-refractivity contribution in [2.45, 2.75) is 13.8 Å². The van der Waals surface area contributed by atoms with Crippen LogP contribution in [0.15, 0.2) is 48.5 Å². The number of anilines is 1. The van der Waals surface area contributed by atoms with E-state index in [0.717, 1.165) is 22.0 Å². The Labute approximate surface area is 159 Å². The van der Waals surface area contributed by atoms with Crippen LogP contribution in [0.25, 0.3) is 15.5 Å². The largest absolute Gasteiger partial charge is 0.483 e. The second kappa shape index (κ2) is 7.16. The second-order valence-electron chi connectivity index (χ2n) is 6.00. The van der Waals surface area contributed by atoms with Crippen molar-refractivity contribution >= 4 is 27.9 Å². The van der Waals surface area contributed by atoms with Crippen molar-refractivity contribution in [1.29, 1.82) is 0 Å². The highest BCUT2D eigenvalue weighted by Gasteiger charge is 2.15. The topological polar surface area (TPSA) is 81.4 Å². The van der Waals surface area contributed by atoms with Crippen LogP contribution >= 0.6 is 11.3 Å². The summed E-state index contributed by atoms with van der Waals surface area (Å²) >= 11 is 1.42. The molecule has 0 atom stereocenters.